The van der Waals surface area contributed by atoms with Gasteiger partial charge < -0.3 is 10.6 Å². The molecular formula is C16H23FN2O. The van der Waals surface area contributed by atoms with E-state index in [1.54, 1.807) is 11.9 Å². The van der Waals surface area contributed by atoms with Gasteiger partial charge in [-0.15, -0.1) is 0 Å². The summed E-state index contributed by atoms with van der Waals surface area (Å²) in [6.07, 6.45) is 5.59. The zero-order valence-electron chi connectivity index (χ0n) is 12.2. The summed E-state index contributed by atoms with van der Waals surface area (Å²) < 4.78 is 13.3. The first-order valence-corrected chi connectivity index (χ1v) is 7.35. The van der Waals surface area contributed by atoms with Crippen molar-refractivity contribution >= 4 is 11.6 Å². The highest BCUT2D eigenvalue weighted by atomic mass is 19.1. The second kappa shape index (κ2) is 6.25. The van der Waals surface area contributed by atoms with E-state index in [0.29, 0.717) is 5.69 Å². The molecule has 1 aromatic rings. The van der Waals surface area contributed by atoms with Crippen LogP contribution in [-0.4, -0.2) is 23.9 Å². The molecule has 0 atom stereocenters. The zero-order valence-corrected chi connectivity index (χ0v) is 12.2. The minimum atomic E-state index is -0.425. The molecule has 0 aliphatic heterocycles. The highest BCUT2D eigenvalue weighted by molar-refractivity contribution is 5.99. The van der Waals surface area contributed by atoms with E-state index < -0.39 is 5.82 Å². The topological polar surface area (TPSA) is 46.3 Å². The Hall–Kier alpha value is -1.58. The van der Waals surface area contributed by atoms with Gasteiger partial charge in [-0.3, -0.25) is 4.79 Å². The van der Waals surface area contributed by atoms with Gasteiger partial charge in [0.15, 0.2) is 0 Å². The fourth-order valence-corrected chi connectivity index (χ4v) is 3.01. The fourth-order valence-electron chi connectivity index (χ4n) is 3.01. The molecule has 1 amide bonds. The number of hydrogen-bond acceptors (Lipinski definition) is 2. The van der Waals surface area contributed by atoms with Crippen LogP contribution < -0.4 is 5.73 Å². The molecule has 0 heterocycles. The molecule has 0 aromatic heterocycles. The van der Waals surface area contributed by atoms with Gasteiger partial charge in [0.1, 0.15) is 5.82 Å². The Morgan fingerprint density at radius 2 is 2.00 bits per heavy atom. The maximum atomic E-state index is 13.3. The molecule has 20 heavy (non-hydrogen) atoms. The van der Waals surface area contributed by atoms with Crippen LogP contribution in [0.3, 0.4) is 0 Å². The van der Waals surface area contributed by atoms with E-state index in [1.807, 2.05) is 0 Å². The van der Waals surface area contributed by atoms with Crippen molar-refractivity contribution in [1.29, 1.82) is 0 Å². The number of nitrogens with two attached hydrogens (primary N) is 1. The Morgan fingerprint density at radius 3 is 2.60 bits per heavy atom. The van der Waals surface area contributed by atoms with Crippen LogP contribution in [0.5, 0.6) is 0 Å². The number of carbonyl (C=O) groups excluding carboxylic acids is 1. The van der Waals surface area contributed by atoms with E-state index >= 15 is 0 Å². The predicted octanol–water partition coefficient (Wildman–Crippen LogP) is 3.45. The van der Waals surface area contributed by atoms with Gasteiger partial charge in [-0.25, -0.2) is 4.39 Å². The maximum Gasteiger partial charge on any atom is 0.256 e. The summed E-state index contributed by atoms with van der Waals surface area (Å²) in [5.41, 5.74) is 6.39. The van der Waals surface area contributed by atoms with E-state index in [1.165, 1.54) is 24.6 Å². The summed E-state index contributed by atoms with van der Waals surface area (Å²) in [4.78, 5) is 14.2. The molecule has 1 aromatic carbocycles. The van der Waals surface area contributed by atoms with Gasteiger partial charge in [-0.2, -0.15) is 0 Å². The highest BCUT2D eigenvalue weighted by Crippen LogP contribution is 2.30. The van der Waals surface area contributed by atoms with Gasteiger partial charge in [-0.05, 0) is 49.8 Å². The van der Waals surface area contributed by atoms with Crippen molar-refractivity contribution in [2.75, 3.05) is 12.8 Å². The number of rotatable bonds is 3. The van der Waals surface area contributed by atoms with Crippen molar-refractivity contribution in [1.82, 2.24) is 4.90 Å². The lowest BCUT2D eigenvalue weighted by atomic mass is 9.84. The van der Waals surface area contributed by atoms with Crippen LogP contribution >= 0.6 is 0 Å². The van der Waals surface area contributed by atoms with Gasteiger partial charge in [0.2, 0.25) is 0 Å². The molecule has 1 fully saturated rings. The van der Waals surface area contributed by atoms with Crippen LogP contribution in [0.1, 0.15) is 49.4 Å². The number of nitrogen functional groups attached to an aromatic ring is 1. The Bertz CT molecular complexity index is 481. The van der Waals surface area contributed by atoms with E-state index in [0.717, 1.165) is 31.6 Å². The van der Waals surface area contributed by atoms with Crippen LogP contribution in [-0.2, 0) is 0 Å². The first-order chi connectivity index (χ1) is 9.52. The third-order valence-electron chi connectivity index (χ3n) is 4.51. The molecule has 1 saturated carbocycles. The van der Waals surface area contributed by atoms with Crippen LogP contribution in [0.25, 0.3) is 0 Å². The summed E-state index contributed by atoms with van der Waals surface area (Å²) in [5.74, 6) is 0.182. The molecule has 0 unspecified atom stereocenters. The zero-order chi connectivity index (χ0) is 14.7. The lowest BCUT2D eigenvalue weighted by molar-refractivity contribution is 0.0675. The second-order valence-electron chi connectivity index (χ2n) is 5.73. The molecule has 0 saturated heterocycles. The van der Waals surface area contributed by atoms with Crippen LogP contribution in [0.2, 0.25) is 0 Å². The Labute approximate surface area is 120 Å². The van der Waals surface area contributed by atoms with Gasteiger partial charge in [0.25, 0.3) is 5.91 Å². The summed E-state index contributed by atoms with van der Waals surface area (Å²) in [6.45, 7) is 2.22. The number of nitrogens with zero attached hydrogens (tertiary/aromatic N) is 1. The monoisotopic (exact) mass is 278 g/mol. The van der Waals surface area contributed by atoms with Gasteiger partial charge in [0, 0.05) is 18.8 Å². The third-order valence-corrected chi connectivity index (χ3v) is 4.51. The smallest absolute Gasteiger partial charge is 0.256 e. The van der Waals surface area contributed by atoms with Crippen LogP contribution in [0.15, 0.2) is 18.2 Å². The molecule has 3 nitrogen and oxygen atoms in total. The molecule has 110 valence electrons. The first kappa shape index (κ1) is 14.8. The third kappa shape index (κ3) is 3.11. The molecular weight excluding hydrogens is 255 g/mol. The SMILES string of the molecule is CCC1CCC(N(C)C(=O)c2cc(F)ccc2N)CC1. The minimum absolute atomic E-state index is 0.179. The highest BCUT2D eigenvalue weighted by Gasteiger charge is 2.27. The average Bonchev–Trinajstić information content (AvgIpc) is 2.48. The number of carbonyl (C=O) groups is 1. The normalized spacial score (nSPS) is 22.6. The van der Waals surface area contributed by atoms with Gasteiger partial charge in [0.05, 0.1) is 5.56 Å². The molecule has 0 spiro atoms. The quantitative estimate of drug-likeness (QED) is 0.861. The summed E-state index contributed by atoms with van der Waals surface area (Å²) in [5, 5.41) is 0. The lowest BCUT2D eigenvalue weighted by Crippen LogP contribution is -2.39. The number of halogens is 1. The van der Waals surface area contributed by atoms with Crippen LogP contribution in [0, 0.1) is 11.7 Å². The Kier molecular flexibility index (Phi) is 4.63. The summed E-state index contributed by atoms with van der Waals surface area (Å²) >= 11 is 0. The fraction of sp³-hybridized carbons (Fsp3) is 0.562. The largest absolute Gasteiger partial charge is 0.398 e. The number of anilines is 1. The molecule has 2 rings (SSSR count). The Balaban J connectivity index is 2.07. The molecule has 4 heteroatoms. The van der Waals surface area contributed by atoms with Crippen molar-refractivity contribution in [3.05, 3.63) is 29.6 Å². The molecule has 1 aliphatic rings. The lowest BCUT2D eigenvalue weighted by Gasteiger charge is -2.34. The van der Waals surface area contributed by atoms with Crippen molar-refractivity contribution in [2.24, 2.45) is 5.92 Å². The second-order valence-corrected chi connectivity index (χ2v) is 5.73. The summed E-state index contributed by atoms with van der Waals surface area (Å²) in [7, 11) is 1.80. The minimum Gasteiger partial charge on any atom is -0.398 e. The molecule has 0 bridgehead atoms. The van der Waals surface area contributed by atoms with E-state index in [2.05, 4.69) is 6.92 Å². The summed E-state index contributed by atoms with van der Waals surface area (Å²) in [6, 6.07) is 4.20. The first-order valence-electron chi connectivity index (χ1n) is 7.35. The molecule has 1 aliphatic carbocycles. The van der Waals surface area contributed by atoms with E-state index in [4.69, 9.17) is 5.73 Å². The Morgan fingerprint density at radius 1 is 1.35 bits per heavy atom. The van der Waals surface area contributed by atoms with E-state index in [-0.39, 0.29) is 17.5 Å². The number of hydrogen-bond donors (Lipinski definition) is 1. The van der Waals surface area contributed by atoms with Crippen molar-refractivity contribution in [3.8, 4) is 0 Å². The maximum absolute atomic E-state index is 13.3. The standard InChI is InChI=1S/C16H23FN2O/c1-3-11-4-7-13(8-5-11)19(2)16(20)14-10-12(17)6-9-15(14)18/h6,9-11,13H,3-5,7-8,18H2,1-2H3. The number of amides is 1. The number of benzene rings is 1. The predicted molar refractivity (Wildman–Crippen MR) is 78.9 cm³/mol. The van der Waals surface area contributed by atoms with Crippen molar-refractivity contribution in [3.63, 3.8) is 0 Å². The van der Waals surface area contributed by atoms with Gasteiger partial charge in [-0.1, -0.05) is 13.3 Å². The van der Waals surface area contributed by atoms with Crippen molar-refractivity contribution < 1.29 is 9.18 Å². The van der Waals surface area contributed by atoms with E-state index in [9.17, 15) is 9.18 Å². The molecule has 0 radical (unpaired) electrons. The van der Waals surface area contributed by atoms with Crippen LogP contribution in [0.4, 0.5) is 10.1 Å². The average molecular weight is 278 g/mol. The van der Waals surface area contributed by atoms with Crippen molar-refractivity contribution in [2.45, 2.75) is 45.1 Å². The molecule has 2 N–H and O–H groups in total. The van der Waals surface area contributed by atoms with Gasteiger partial charge >= 0.3 is 0 Å².